The minimum atomic E-state index is -0.105. The molecule has 0 saturated carbocycles. The van der Waals surface area contributed by atoms with Gasteiger partial charge in [-0.1, -0.05) is 0 Å². The molecule has 68 valence electrons. The van der Waals surface area contributed by atoms with E-state index in [1.807, 2.05) is 0 Å². The molecule has 0 aromatic carbocycles. The summed E-state index contributed by atoms with van der Waals surface area (Å²) >= 11 is 0. The standard InChI is InChI=1S/C8H14N2O2/c11-7-4-12-8(6-10-7)2-1-3-9-5-8/h9H,1-6H2,(H,10,11). The molecule has 0 radical (unpaired) electrons. The summed E-state index contributed by atoms with van der Waals surface area (Å²) in [5, 5.41) is 6.12. The molecule has 2 fully saturated rings. The van der Waals surface area contributed by atoms with Crippen molar-refractivity contribution in [1.82, 2.24) is 10.6 Å². The predicted octanol–water partition coefficient (Wildman–Crippen LogP) is -0.745. The van der Waals surface area contributed by atoms with Crippen LogP contribution in [0.2, 0.25) is 0 Å². The van der Waals surface area contributed by atoms with Gasteiger partial charge in [-0.3, -0.25) is 4.79 Å². The number of carbonyl (C=O) groups is 1. The van der Waals surface area contributed by atoms with Crippen molar-refractivity contribution in [2.24, 2.45) is 0 Å². The maximum Gasteiger partial charge on any atom is 0.246 e. The van der Waals surface area contributed by atoms with E-state index in [0.29, 0.717) is 6.54 Å². The molecule has 0 aliphatic carbocycles. The first-order valence-electron chi connectivity index (χ1n) is 4.42. The summed E-state index contributed by atoms with van der Waals surface area (Å²) in [6, 6.07) is 0. The Labute approximate surface area is 71.7 Å². The van der Waals surface area contributed by atoms with E-state index in [4.69, 9.17) is 4.74 Å². The minimum Gasteiger partial charge on any atom is -0.362 e. The van der Waals surface area contributed by atoms with Crippen LogP contribution in [0, 0.1) is 0 Å². The summed E-state index contributed by atoms with van der Waals surface area (Å²) in [6.07, 6.45) is 2.19. The third-order valence-electron chi connectivity index (χ3n) is 2.55. The summed E-state index contributed by atoms with van der Waals surface area (Å²) in [5.74, 6) is 0.00574. The zero-order chi connectivity index (χ0) is 8.44. The largest absolute Gasteiger partial charge is 0.362 e. The van der Waals surface area contributed by atoms with Gasteiger partial charge < -0.3 is 15.4 Å². The molecule has 2 heterocycles. The molecule has 1 amide bonds. The quantitative estimate of drug-likeness (QED) is 0.503. The third-order valence-corrected chi connectivity index (χ3v) is 2.55. The van der Waals surface area contributed by atoms with E-state index in [-0.39, 0.29) is 18.1 Å². The Morgan fingerprint density at radius 3 is 2.92 bits per heavy atom. The first-order valence-corrected chi connectivity index (χ1v) is 4.42. The van der Waals surface area contributed by atoms with Gasteiger partial charge in [-0.25, -0.2) is 0 Å². The Bertz CT molecular complexity index is 175. The van der Waals surface area contributed by atoms with Crippen LogP contribution in [0.1, 0.15) is 12.8 Å². The van der Waals surface area contributed by atoms with Crippen LogP contribution in [-0.4, -0.2) is 37.7 Å². The second-order valence-corrected chi connectivity index (χ2v) is 3.53. The molecule has 0 bridgehead atoms. The van der Waals surface area contributed by atoms with Crippen LogP contribution in [0.5, 0.6) is 0 Å². The van der Waals surface area contributed by atoms with Crippen molar-refractivity contribution in [2.45, 2.75) is 18.4 Å². The van der Waals surface area contributed by atoms with E-state index in [9.17, 15) is 4.79 Å². The lowest BCUT2D eigenvalue weighted by Crippen LogP contribution is -2.59. The highest BCUT2D eigenvalue weighted by Gasteiger charge is 2.36. The molecule has 1 spiro atoms. The van der Waals surface area contributed by atoms with Crippen molar-refractivity contribution < 1.29 is 9.53 Å². The first kappa shape index (κ1) is 8.01. The van der Waals surface area contributed by atoms with Crippen LogP contribution < -0.4 is 10.6 Å². The molecule has 2 rings (SSSR count). The number of hydrogen-bond acceptors (Lipinski definition) is 3. The molecule has 1 unspecified atom stereocenters. The van der Waals surface area contributed by atoms with Crippen LogP contribution in [0.4, 0.5) is 0 Å². The highest BCUT2D eigenvalue weighted by atomic mass is 16.5. The number of amides is 1. The van der Waals surface area contributed by atoms with Crippen LogP contribution in [0.3, 0.4) is 0 Å². The first-order chi connectivity index (χ1) is 5.81. The second kappa shape index (κ2) is 3.03. The van der Waals surface area contributed by atoms with E-state index < -0.39 is 0 Å². The van der Waals surface area contributed by atoms with Gasteiger partial charge in [-0.05, 0) is 19.4 Å². The van der Waals surface area contributed by atoms with E-state index in [2.05, 4.69) is 10.6 Å². The van der Waals surface area contributed by atoms with Crippen LogP contribution >= 0.6 is 0 Å². The number of rotatable bonds is 0. The van der Waals surface area contributed by atoms with Gasteiger partial charge in [0.15, 0.2) is 0 Å². The Hall–Kier alpha value is -0.610. The normalized spacial score (nSPS) is 36.5. The van der Waals surface area contributed by atoms with Gasteiger partial charge in [0.2, 0.25) is 5.91 Å². The molecular weight excluding hydrogens is 156 g/mol. The van der Waals surface area contributed by atoms with Gasteiger partial charge in [0.1, 0.15) is 6.61 Å². The van der Waals surface area contributed by atoms with E-state index >= 15 is 0 Å². The van der Waals surface area contributed by atoms with Gasteiger partial charge in [0.05, 0.1) is 5.60 Å². The Morgan fingerprint density at radius 1 is 1.42 bits per heavy atom. The molecular formula is C8H14N2O2. The zero-order valence-corrected chi connectivity index (χ0v) is 7.06. The van der Waals surface area contributed by atoms with Crippen LogP contribution in [0.15, 0.2) is 0 Å². The monoisotopic (exact) mass is 170 g/mol. The van der Waals surface area contributed by atoms with E-state index in [0.717, 1.165) is 25.9 Å². The molecule has 2 aliphatic rings. The van der Waals surface area contributed by atoms with Gasteiger partial charge in [0, 0.05) is 13.1 Å². The molecule has 12 heavy (non-hydrogen) atoms. The number of hydrogen-bond donors (Lipinski definition) is 2. The molecule has 4 nitrogen and oxygen atoms in total. The van der Waals surface area contributed by atoms with Crippen molar-refractivity contribution in [3.63, 3.8) is 0 Å². The minimum absolute atomic E-state index is 0.00574. The number of ether oxygens (including phenoxy) is 1. The highest BCUT2D eigenvalue weighted by Crippen LogP contribution is 2.21. The van der Waals surface area contributed by atoms with Crippen molar-refractivity contribution in [2.75, 3.05) is 26.2 Å². The topological polar surface area (TPSA) is 50.4 Å². The molecule has 0 aromatic heterocycles. The fraction of sp³-hybridized carbons (Fsp3) is 0.875. The number of nitrogens with one attached hydrogen (secondary N) is 2. The smallest absolute Gasteiger partial charge is 0.246 e. The zero-order valence-electron chi connectivity index (χ0n) is 7.06. The highest BCUT2D eigenvalue weighted by molar-refractivity contribution is 5.78. The molecule has 1 atom stereocenters. The number of carbonyl (C=O) groups excluding carboxylic acids is 1. The fourth-order valence-electron chi connectivity index (χ4n) is 1.79. The fourth-order valence-corrected chi connectivity index (χ4v) is 1.79. The lowest BCUT2D eigenvalue weighted by Gasteiger charge is -2.40. The number of morpholine rings is 1. The van der Waals surface area contributed by atoms with Crippen LogP contribution in [-0.2, 0) is 9.53 Å². The van der Waals surface area contributed by atoms with Crippen molar-refractivity contribution in [1.29, 1.82) is 0 Å². The summed E-state index contributed by atoms with van der Waals surface area (Å²) in [7, 11) is 0. The van der Waals surface area contributed by atoms with Crippen LogP contribution in [0.25, 0.3) is 0 Å². The van der Waals surface area contributed by atoms with Crippen molar-refractivity contribution >= 4 is 5.91 Å². The Morgan fingerprint density at radius 2 is 2.33 bits per heavy atom. The molecule has 2 N–H and O–H groups in total. The van der Waals surface area contributed by atoms with Gasteiger partial charge in [-0.2, -0.15) is 0 Å². The lowest BCUT2D eigenvalue weighted by molar-refractivity contribution is -0.145. The Balaban J connectivity index is 1.96. The summed E-state index contributed by atoms with van der Waals surface area (Å²) < 4.78 is 5.54. The SMILES string of the molecule is O=C1COC2(CCCNC2)CN1. The molecule has 2 saturated heterocycles. The maximum atomic E-state index is 10.8. The summed E-state index contributed by atoms with van der Waals surface area (Å²) in [5.41, 5.74) is -0.105. The van der Waals surface area contributed by atoms with Crippen molar-refractivity contribution in [3.05, 3.63) is 0 Å². The molecule has 2 aliphatic heterocycles. The van der Waals surface area contributed by atoms with Crippen molar-refractivity contribution in [3.8, 4) is 0 Å². The molecule has 0 aromatic rings. The lowest BCUT2D eigenvalue weighted by atomic mass is 9.93. The average molecular weight is 170 g/mol. The van der Waals surface area contributed by atoms with E-state index in [1.54, 1.807) is 0 Å². The summed E-state index contributed by atoms with van der Waals surface area (Å²) in [4.78, 5) is 10.8. The molecule has 4 heteroatoms. The number of piperidine rings is 1. The van der Waals surface area contributed by atoms with Gasteiger partial charge >= 0.3 is 0 Å². The Kier molecular flexibility index (Phi) is 2.02. The average Bonchev–Trinajstić information content (AvgIpc) is 2.13. The van der Waals surface area contributed by atoms with Gasteiger partial charge in [0.25, 0.3) is 0 Å². The maximum absolute atomic E-state index is 10.8. The predicted molar refractivity (Wildman–Crippen MR) is 43.8 cm³/mol. The third kappa shape index (κ3) is 1.44. The van der Waals surface area contributed by atoms with E-state index in [1.165, 1.54) is 0 Å². The second-order valence-electron chi connectivity index (χ2n) is 3.53. The van der Waals surface area contributed by atoms with Gasteiger partial charge in [-0.15, -0.1) is 0 Å². The summed E-state index contributed by atoms with van der Waals surface area (Å²) in [6.45, 7) is 2.83.